The third-order valence-electron chi connectivity index (χ3n) is 5.04. The lowest BCUT2D eigenvalue weighted by Crippen LogP contribution is -2.25. The summed E-state index contributed by atoms with van der Waals surface area (Å²) < 4.78 is 0. The predicted molar refractivity (Wildman–Crippen MR) is 139 cm³/mol. The van der Waals surface area contributed by atoms with Gasteiger partial charge < -0.3 is 15.5 Å². The number of hydrogen-bond donors (Lipinski definition) is 3. The Balaban J connectivity index is 1.85. The average molecular weight is 481 g/mol. The zero-order chi connectivity index (χ0) is 24.7. The molecule has 9 nitrogen and oxygen atoms in total. The summed E-state index contributed by atoms with van der Waals surface area (Å²) in [6, 6.07) is 13.1. The van der Waals surface area contributed by atoms with Crippen LogP contribution in [-0.4, -0.2) is 39.7 Å². The van der Waals surface area contributed by atoms with Gasteiger partial charge in [-0.25, -0.2) is 5.43 Å². The van der Waals surface area contributed by atoms with Crippen LogP contribution in [0, 0.1) is 6.92 Å². The third-order valence-corrected chi connectivity index (χ3v) is 5.45. The molecule has 0 saturated heterocycles. The molecule has 0 aliphatic rings. The fraction of sp³-hybridized carbons (Fsp3) is 0.292. The highest BCUT2D eigenvalue weighted by Crippen LogP contribution is 2.23. The molecular weight excluding hydrogens is 452 g/mol. The van der Waals surface area contributed by atoms with Crippen molar-refractivity contribution in [1.82, 2.24) is 15.0 Å². The largest absolute Gasteiger partial charge is 0.341 e. The van der Waals surface area contributed by atoms with Crippen LogP contribution in [-0.2, 0) is 4.79 Å². The van der Waals surface area contributed by atoms with Crippen molar-refractivity contribution in [3.63, 3.8) is 0 Å². The molecule has 1 heterocycles. The number of aromatic nitrogens is 3. The zero-order valence-electron chi connectivity index (χ0n) is 20.0. The molecule has 178 valence electrons. The van der Waals surface area contributed by atoms with Gasteiger partial charge in [-0.1, -0.05) is 29.8 Å². The average Bonchev–Trinajstić information content (AvgIpc) is 2.81. The maximum atomic E-state index is 11.2. The summed E-state index contributed by atoms with van der Waals surface area (Å²) in [4.78, 5) is 26.8. The van der Waals surface area contributed by atoms with Gasteiger partial charge >= 0.3 is 0 Å². The summed E-state index contributed by atoms with van der Waals surface area (Å²) in [5, 5.41) is 11.0. The highest BCUT2D eigenvalue weighted by molar-refractivity contribution is 6.31. The molecule has 1 aromatic heterocycles. The number of halogens is 1. The molecule has 0 unspecified atom stereocenters. The van der Waals surface area contributed by atoms with E-state index in [1.54, 1.807) is 0 Å². The minimum Gasteiger partial charge on any atom is -0.341 e. The number of amides is 1. The van der Waals surface area contributed by atoms with Gasteiger partial charge in [0.15, 0.2) is 0 Å². The van der Waals surface area contributed by atoms with E-state index in [0.29, 0.717) is 22.9 Å². The van der Waals surface area contributed by atoms with Crippen molar-refractivity contribution in [2.24, 2.45) is 5.10 Å². The lowest BCUT2D eigenvalue weighted by atomic mass is 10.1. The molecule has 0 radical (unpaired) electrons. The molecule has 1 amide bonds. The fourth-order valence-electron chi connectivity index (χ4n) is 3.11. The first kappa shape index (κ1) is 24.9. The molecule has 0 aliphatic carbocycles. The number of nitrogens with zero attached hydrogens (tertiary/aromatic N) is 5. The summed E-state index contributed by atoms with van der Waals surface area (Å²) in [5.74, 6) is 1.12. The van der Waals surface area contributed by atoms with E-state index in [0.717, 1.165) is 41.3 Å². The lowest BCUT2D eigenvalue weighted by Gasteiger charge is -2.19. The van der Waals surface area contributed by atoms with Gasteiger partial charge in [0.2, 0.25) is 23.8 Å². The summed E-state index contributed by atoms with van der Waals surface area (Å²) in [6.07, 6.45) is 0. The molecule has 3 aromatic rings. The van der Waals surface area contributed by atoms with E-state index in [1.807, 2.05) is 75.1 Å². The van der Waals surface area contributed by atoms with Crippen molar-refractivity contribution >= 4 is 52.4 Å². The Labute approximate surface area is 204 Å². The SMILES string of the molecule is CCN(CC)c1nc(N/N=C(\C)c2ccc(NC(C)=O)cc2)nc(Nc2ccc(C)c(Cl)c2)n1. The first-order valence-electron chi connectivity index (χ1n) is 11.0. The number of rotatable bonds is 9. The zero-order valence-corrected chi connectivity index (χ0v) is 20.7. The number of anilines is 5. The maximum absolute atomic E-state index is 11.2. The summed E-state index contributed by atoms with van der Waals surface area (Å²) >= 11 is 6.26. The van der Waals surface area contributed by atoms with Crippen molar-refractivity contribution in [2.75, 3.05) is 34.0 Å². The second-order valence-corrected chi connectivity index (χ2v) is 8.02. The number of benzene rings is 2. The van der Waals surface area contributed by atoms with Crippen molar-refractivity contribution < 1.29 is 4.79 Å². The standard InChI is InChI=1S/C24H29ClN8O/c1-6-33(7-2)24-29-22(27-20-11-8-15(3)21(25)14-20)28-23(30-24)32-31-16(4)18-9-12-19(13-10-18)26-17(5)34/h8-14H,6-7H2,1-5H3,(H,26,34)(H2,27,28,29,30,32)/b31-16+. The van der Waals surface area contributed by atoms with Crippen molar-refractivity contribution in [1.29, 1.82) is 0 Å². The number of nitrogens with one attached hydrogen (secondary N) is 3. The van der Waals surface area contributed by atoms with E-state index >= 15 is 0 Å². The van der Waals surface area contributed by atoms with E-state index < -0.39 is 0 Å². The Kier molecular flexibility index (Phi) is 8.37. The Morgan fingerprint density at radius 2 is 1.62 bits per heavy atom. The van der Waals surface area contributed by atoms with Gasteiger partial charge in [-0.3, -0.25) is 4.79 Å². The predicted octanol–water partition coefficient (Wildman–Crippen LogP) is 5.22. The quantitative estimate of drug-likeness (QED) is 0.284. The number of hydrazone groups is 1. The van der Waals surface area contributed by atoms with Gasteiger partial charge in [0, 0.05) is 36.4 Å². The van der Waals surface area contributed by atoms with Crippen molar-refractivity contribution in [3.05, 3.63) is 58.6 Å². The number of hydrogen-bond acceptors (Lipinski definition) is 8. The van der Waals surface area contributed by atoms with Gasteiger partial charge in [-0.15, -0.1) is 0 Å². The van der Waals surface area contributed by atoms with Crippen LogP contribution in [0.25, 0.3) is 0 Å². The normalized spacial score (nSPS) is 11.2. The highest BCUT2D eigenvalue weighted by atomic mass is 35.5. The smallest absolute Gasteiger partial charge is 0.250 e. The van der Waals surface area contributed by atoms with E-state index in [4.69, 9.17) is 11.6 Å². The molecule has 3 rings (SSSR count). The van der Waals surface area contributed by atoms with Gasteiger partial charge in [0.25, 0.3) is 0 Å². The topological polar surface area (TPSA) is 107 Å². The van der Waals surface area contributed by atoms with Crippen molar-refractivity contribution in [3.8, 4) is 0 Å². The van der Waals surface area contributed by atoms with Gasteiger partial charge in [0.05, 0.1) is 5.71 Å². The van der Waals surface area contributed by atoms with Crippen LogP contribution in [0.4, 0.5) is 29.2 Å². The van der Waals surface area contributed by atoms with Crippen LogP contribution in [0.3, 0.4) is 0 Å². The highest BCUT2D eigenvalue weighted by Gasteiger charge is 2.12. The first-order valence-corrected chi connectivity index (χ1v) is 11.4. The lowest BCUT2D eigenvalue weighted by molar-refractivity contribution is -0.114. The Morgan fingerprint density at radius 3 is 2.24 bits per heavy atom. The van der Waals surface area contributed by atoms with Gasteiger partial charge in [-0.05, 0) is 63.1 Å². The summed E-state index contributed by atoms with van der Waals surface area (Å²) in [5.41, 5.74) is 7.07. The van der Waals surface area contributed by atoms with Gasteiger partial charge in [-0.2, -0.15) is 20.1 Å². The van der Waals surface area contributed by atoms with Crippen LogP contribution >= 0.6 is 11.6 Å². The van der Waals surface area contributed by atoms with Crippen LogP contribution < -0.4 is 21.0 Å². The second-order valence-electron chi connectivity index (χ2n) is 7.61. The van der Waals surface area contributed by atoms with Crippen LogP contribution in [0.2, 0.25) is 5.02 Å². The molecule has 2 aromatic carbocycles. The van der Waals surface area contributed by atoms with Crippen LogP contribution in [0.1, 0.15) is 38.8 Å². The molecule has 3 N–H and O–H groups in total. The molecule has 34 heavy (non-hydrogen) atoms. The van der Waals surface area contributed by atoms with E-state index in [2.05, 4.69) is 36.1 Å². The maximum Gasteiger partial charge on any atom is 0.250 e. The van der Waals surface area contributed by atoms with Crippen molar-refractivity contribution in [2.45, 2.75) is 34.6 Å². The molecule has 0 saturated carbocycles. The molecular formula is C24H29ClN8O. The van der Waals surface area contributed by atoms with Crippen LogP contribution in [0.5, 0.6) is 0 Å². The van der Waals surface area contributed by atoms with E-state index in [-0.39, 0.29) is 5.91 Å². The molecule has 0 spiro atoms. The summed E-state index contributed by atoms with van der Waals surface area (Å²) in [6.45, 7) is 10.9. The number of carbonyl (C=O) groups excluding carboxylic acids is 1. The third kappa shape index (κ3) is 6.64. The molecule has 0 aliphatic heterocycles. The minimum atomic E-state index is -0.115. The second kappa shape index (κ2) is 11.4. The van der Waals surface area contributed by atoms with Crippen LogP contribution in [0.15, 0.2) is 47.6 Å². The van der Waals surface area contributed by atoms with E-state index in [9.17, 15) is 4.79 Å². The Bertz CT molecular complexity index is 1180. The fourth-order valence-corrected chi connectivity index (χ4v) is 3.30. The molecule has 0 bridgehead atoms. The Morgan fingerprint density at radius 1 is 0.971 bits per heavy atom. The monoisotopic (exact) mass is 480 g/mol. The molecule has 0 atom stereocenters. The molecule has 0 fully saturated rings. The van der Waals surface area contributed by atoms with Gasteiger partial charge in [0.1, 0.15) is 0 Å². The number of aryl methyl sites for hydroxylation is 1. The van der Waals surface area contributed by atoms with E-state index in [1.165, 1.54) is 6.92 Å². The minimum absolute atomic E-state index is 0.115. The number of carbonyl (C=O) groups is 1. The first-order chi connectivity index (χ1) is 16.3. The Hall–Kier alpha value is -3.72. The summed E-state index contributed by atoms with van der Waals surface area (Å²) in [7, 11) is 0. The molecule has 10 heteroatoms.